The summed E-state index contributed by atoms with van der Waals surface area (Å²) in [6.07, 6.45) is 0. The van der Waals surface area contributed by atoms with Crippen molar-refractivity contribution in [3.8, 4) is 11.3 Å². The lowest BCUT2D eigenvalue weighted by Gasteiger charge is -2.05. The zero-order chi connectivity index (χ0) is 18.8. The van der Waals surface area contributed by atoms with E-state index in [1.165, 1.54) is 23.0 Å². The fraction of sp³-hybridized carbons (Fsp3) is 0.158. The van der Waals surface area contributed by atoms with E-state index < -0.39 is 10.8 Å². The predicted molar refractivity (Wildman–Crippen MR) is 103 cm³/mol. The molecule has 1 heterocycles. The van der Waals surface area contributed by atoms with E-state index in [1.54, 1.807) is 19.1 Å². The fourth-order valence-electron chi connectivity index (χ4n) is 2.80. The second-order valence-corrected chi connectivity index (χ2v) is 6.90. The highest BCUT2D eigenvalue weighted by molar-refractivity contribution is 7.14. The van der Waals surface area contributed by atoms with Gasteiger partial charge in [-0.05, 0) is 32.4 Å². The molecule has 0 saturated heterocycles. The Hall–Kier alpha value is -3.06. The third-order valence-electron chi connectivity index (χ3n) is 4.05. The molecule has 3 aromatic rings. The molecular formula is C19H17N3O3S. The number of hydrogen-bond donors (Lipinski definition) is 1. The van der Waals surface area contributed by atoms with Gasteiger partial charge < -0.3 is 0 Å². The molecule has 2 aromatic carbocycles. The van der Waals surface area contributed by atoms with Crippen molar-refractivity contribution in [1.82, 2.24) is 4.98 Å². The van der Waals surface area contributed by atoms with E-state index in [4.69, 9.17) is 0 Å². The number of amides is 1. The number of benzene rings is 2. The van der Waals surface area contributed by atoms with Crippen LogP contribution in [0, 0.1) is 30.9 Å². The van der Waals surface area contributed by atoms with Gasteiger partial charge in [0.2, 0.25) is 0 Å². The number of nitrogens with zero attached hydrogens (tertiary/aromatic N) is 2. The first-order valence-corrected chi connectivity index (χ1v) is 8.83. The molecule has 0 fully saturated rings. The SMILES string of the molecule is Cc1ccc(-c2csc(NC(=O)c3cccc(C)c3[N+](=O)[O-])n2)c(C)c1. The number of anilines is 1. The first-order valence-electron chi connectivity index (χ1n) is 7.95. The van der Waals surface area contributed by atoms with Crippen LogP contribution in [-0.4, -0.2) is 15.8 Å². The van der Waals surface area contributed by atoms with E-state index in [-0.39, 0.29) is 11.3 Å². The summed E-state index contributed by atoms with van der Waals surface area (Å²) < 4.78 is 0. The molecule has 26 heavy (non-hydrogen) atoms. The van der Waals surface area contributed by atoms with Crippen molar-refractivity contribution >= 4 is 28.1 Å². The molecule has 7 heteroatoms. The second kappa shape index (κ2) is 7.05. The molecule has 0 aliphatic carbocycles. The van der Waals surface area contributed by atoms with Gasteiger partial charge in [-0.2, -0.15) is 0 Å². The summed E-state index contributed by atoms with van der Waals surface area (Å²) in [5, 5.41) is 16.2. The summed E-state index contributed by atoms with van der Waals surface area (Å²) in [6.45, 7) is 5.64. The summed E-state index contributed by atoms with van der Waals surface area (Å²) in [6, 6.07) is 10.8. The quantitative estimate of drug-likeness (QED) is 0.525. The standard InChI is InChI=1S/C19H17N3O3S/c1-11-7-8-14(13(3)9-11)16-10-26-19(20-16)21-18(23)15-6-4-5-12(2)17(15)22(24)25/h4-10H,1-3H3,(H,20,21,23). The number of nitro groups is 1. The molecular weight excluding hydrogens is 350 g/mol. The molecule has 0 aliphatic heterocycles. The largest absolute Gasteiger partial charge is 0.298 e. The zero-order valence-electron chi connectivity index (χ0n) is 14.6. The third-order valence-corrected chi connectivity index (χ3v) is 4.81. The van der Waals surface area contributed by atoms with Crippen molar-refractivity contribution in [2.24, 2.45) is 0 Å². The lowest BCUT2D eigenvalue weighted by molar-refractivity contribution is -0.385. The number of rotatable bonds is 4. The molecule has 1 aromatic heterocycles. The number of hydrogen-bond acceptors (Lipinski definition) is 5. The van der Waals surface area contributed by atoms with Gasteiger partial charge >= 0.3 is 0 Å². The molecule has 0 saturated carbocycles. The Morgan fingerprint density at radius 1 is 1.15 bits per heavy atom. The topological polar surface area (TPSA) is 85.1 Å². The van der Waals surface area contributed by atoms with Gasteiger partial charge in [-0.3, -0.25) is 20.2 Å². The van der Waals surface area contributed by atoms with Crippen LogP contribution in [0.3, 0.4) is 0 Å². The average molecular weight is 367 g/mol. The Morgan fingerprint density at radius 2 is 1.92 bits per heavy atom. The van der Waals surface area contributed by atoms with Crippen LogP contribution in [0.25, 0.3) is 11.3 Å². The Bertz CT molecular complexity index is 1010. The Labute approximate surface area is 154 Å². The molecule has 3 rings (SSSR count). The van der Waals surface area contributed by atoms with E-state index >= 15 is 0 Å². The molecule has 0 bridgehead atoms. The van der Waals surface area contributed by atoms with Crippen molar-refractivity contribution in [2.45, 2.75) is 20.8 Å². The fourth-order valence-corrected chi connectivity index (χ4v) is 3.51. The highest BCUT2D eigenvalue weighted by Gasteiger charge is 2.23. The van der Waals surface area contributed by atoms with Crippen LogP contribution < -0.4 is 5.32 Å². The minimum absolute atomic E-state index is 0.0262. The highest BCUT2D eigenvalue weighted by Crippen LogP contribution is 2.29. The molecule has 0 radical (unpaired) electrons. The lowest BCUT2D eigenvalue weighted by atomic mass is 10.0. The Morgan fingerprint density at radius 3 is 2.62 bits per heavy atom. The van der Waals surface area contributed by atoms with Gasteiger partial charge in [-0.1, -0.05) is 35.9 Å². The number of nitro benzene ring substituents is 1. The van der Waals surface area contributed by atoms with Gasteiger partial charge in [0.25, 0.3) is 11.6 Å². The number of thiazole rings is 1. The van der Waals surface area contributed by atoms with Crippen LogP contribution in [0.5, 0.6) is 0 Å². The van der Waals surface area contributed by atoms with Crippen LogP contribution in [0.4, 0.5) is 10.8 Å². The minimum atomic E-state index is -0.540. The van der Waals surface area contributed by atoms with Crippen molar-refractivity contribution < 1.29 is 9.72 Å². The number of aryl methyl sites for hydroxylation is 3. The monoisotopic (exact) mass is 367 g/mol. The Balaban J connectivity index is 1.87. The van der Waals surface area contributed by atoms with Crippen LogP contribution >= 0.6 is 11.3 Å². The third kappa shape index (κ3) is 3.48. The van der Waals surface area contributed by atoms with E-state index in [2.05, 4.69) is 16.4 Å². The first kappa shape index (κ1) is 17.8. The molecule has 0 atom stereocenters. The number of nitrogens with one attached hydrogen (secondary N) is 1. The Kier molecular flexibility index (Phi) is 4.81. The van der Waals surface area contributed by atoms with Crippen LogP contribution in [0.1, 0.15) is 27.0 Å². The van der Waals surface area contributed by atoms with Gasteiger partial charge in [0.1, 0.15) is 5.56 Å². The number of carbonyl (C=O) groups excluding carboxylic acids is 1. The van der Waals surface area contributed by atoms with Crippen molar-refractivity contribution in [1.29, 1.82) is 0 Å². The summed E-state index contributed by atoms with van der Waals surface area (Å²) in [4.78, 5) is 27.7. The van der Waals surface area contributed by atoms with Gasteiger partial charge in [-0.25, -0.2) is 4.98 Å². The number of aromatic nitrogens is 1. The maximum Gasteiger partial charge on any atom is 0.285 e. The molecule has 6 nitrogen and oxygen atoms in total. The first-order chi connectivity index (χ1) is 12.4. The molecule has 0 unspecified atom stereocenters. The average Bonchev–Trinajstić information content (AvgIpc) is 3.02. The summed E-state index contributed by atoms with van der Waals surface area (Å²) >= 11 is 1.29. The minimum Gasteiger partial charge on any atom is -0.298 e. The highest BCUT2D eigenvalue weighted by atomic mass is 32.1. The van der Waals surface area contributed by atoms with Crippen molar-refractivity contribution in [2.75, 3.05) is 5.32 Å². The molecule has 0 aliphatic rings. The van der Waals surface area contributed by atoms with Crippen molar-refractivity contribution in [3.05, 3.63) is 74.1 Å². The molecule has 0 spiro atoms. The summed E-state index contributed by atoms with van der Waals surface area (Å²) in [5.74, 6) is -0.540. The van der Waals surface area contributed by atoms with Gasteiger partial charge in [0.05, 0.1) is 10.6 Å². The summed E-state index contributed by atoms with van der Waals surface area (Å²) in [7, 11) is 0. The van der Waals surface area contributed by atoms with E-state index in [0.717, 1.165) is 16.8 Å². The van der Waals surface area contributed by atoms with Crippen molar-refractivity contribution in [3.63, 3.8) is 0 Å². The van der Waals surface area contributed by atoms with Gasteiger partial charge in [0, 0.05) is 16.5 Å². The van der Waals surface area contributed by atoms with E-state index in [1.807, 2.05) is 31.4 Å². The maximum absolute atomic E-state index is 12.5. The molecule has 1 N–H and O–H groups in total. The normalized spacial score (nSPS) is 10.6. The van der Waals surface area contributed by atoms with Crippen LogP contribution in [-0.2, 0) is 0 Å². The van der Waals surface area contributed by atoms with E-state index in [0.29, 0.717) is 10.7 Å². The maximum atomic E-state index is 12.5. The van der Waals surface area contributed by atoms with Crippen LogP contribution in [0.15, 0.2) is 41.8 Å². The van der Waals surface area contributed by atoms with Gasteiger partial charge in [-0.15, -0.1) is 11.3 Å². The number of carbonyl (C=O) groups is 1. The molecule has 132 valence electrons. The lowest BCUT2D eigenvalue weighted by Crippen LogP contribution is -2.14. The predicted octanol–water partition coefficient (Wildman–Crippen LogP) is 4.90. The van der Waals surface area contributed by atoms with Gasteiger partial charge in [0.15, 0.2) is 5.13 Å². The second-order valence-electron chi connectivity index (χ2n) is 6.04. The van der Waals surface area contributed by atoms with Crippen LogP contribution in [0.2, 0.25) is 0 Å². The molecule has 1 amide bonds. The number of para-hydroxylation sites is 1. The van der Waals surface area contributed by atoms with E-state index in [9.17, 15) is 14.9 Å². The smallest absolute Gasteiger partial charge is 0.285 e. The summed E-state index contributed by atoms with van der Waals surface area (Å²) in [5.41, 5.74) is 4.31. The zero-order valence-corrected chi connectivity index (χ0v) is 15.4.